The number of nitrogens with zero attached hydrogens (tertiary/aromatic N) is 1. The summed E-state index contributed by atoms with van der Waals surface area (Å²) >= 11 is 6.11. The predicted molar refractivity (Wildman–Crippen MR) is 120 cm³/mol. The molecule has 156 valence electrons. The van der Waals surface area contributed by atoms with Crippen molar-refractivity contribution in [2.75, 3.05) is 17.7 Å². The standard InChI is InChI=1S/C23H24ClN3O3/c1-23(2,3)16-8-5-6-10-19(16)30-21-18(9-7-13-25-21)27-22(28)26-15-11-12-20(29-4)17(24)14-15/h5-14H,1-4H3,(H2,26,27,28). The number of aromatic nitrogens is 1. The van der Waals surface area contributed by atoms with Crippen LogP contribution < -0.4 is 20.1 Å². The van der Waals surface area contributed by atoms with E-state index < -0.39 is 6.03 Å². The molecule has 0 spiro atoms. The number of para-hydroxylation sites is 1. The quantitative estimate of drug-likeness (QED) is 0.490. The Kier molecular flexibility index (Phi) is 6.47. The maximum absolute atomic E-state index is 12.5. The summed E-state index contributed by atoms with van der Waals surface area (Å²) in [5.41, 5.74) is 1.91. The third kappa shape index (κ3) is 5.21. The van der Waals surface area contributed by atoms with Crippen molar-refractivity contribution in [3.8, 4) is 17.4 Å². The Morgan fingerprint density at radius 2 is 1.77 bits per heavy atom. The lowest BCUT2D eigenvalue weighted by Gasteiger charge is -2.22. The number of pyridine rings is 1. The molecule has 2 amide bonds. The van der Waals surface area contributed by atoms with Crippen LogP contribution in [0.5, 0.6) is 17.4 Å². The molecule has 6 nitrogen and oxygen atoms in total. The van der Waals surface area contributed by atoms with Crippen LogP contribution in [0.1, 0.15) is 26.3 Å². The van der Waals surface area contributed by atoms with Crippen LogP contribution in [0.2, 0.25) is 5.02 Å². The SMILES string of the molecule is COc1ccc(NC(=O)Nc2cccnc2Oc2ccccc2C(C)(C)C)cc1Cl. The Morgan fingerprint density at radius 3 is 2.47 bits per heavy atom. The number of rotatable bonds is 5. The van der Waals surface area contributed by atoms with Crippen LogP contribution in [-0.2, 0) is 5.41 Å². The Bertz CT molecular complexity index is 1050. The monoisotopic (exact) mass is 425 g/mol. The topological polar surface area (TPSA) is 72.5 Å². The van der Waals surface area contributed by atoms with Gasteiger partial charge in [0, 0.05) is 17.4 Å². The van der Waals surface area contributed by atoms with E-state index in [0.717, 1.165) is 5.56 Å². The van der Waals surface area contributed by atoms with Gasteiger partial charge in [-0.3, -0.25) is 0 Å². The third-order valence-electron chi connectivity index (χ3n) is 4.33. The smallest absolute Gasteiger partial charge is 0.323 e. The number of nitrogens with one attached hydrogen (secondary N) is 2. The number of amides is 2. The molecule has 0 aliphatic carbocycles. The molecule has 0 aliphatic rings. The molecule has 3 rings (SSSR count). The highest BCUT2D eigenvalue weighted by Gasteiger charge is 2.20. The Labute approximate surface area is 181 Å². The molecule has 2 N–H and O–H groups in total. The molecule has 0 aliphatic heterocycles. The number of urea groups is 1. The van der Waals surface area contributed by atoms with Gasteiger partial charge in [-0.25, -0.2) is 9.78 Å². The second-order valence-corrected chi connectivity index (χ2v) is 8.04. The first kappa shape index (κ1) is 21.5. The number of ether oxygens (including phenoxy) is 2. The summed E-state index contributed by atoms with van der Waals surface area (Å²) in [7, 11) is 1.53. The zero-order chi connectivity index (χ0) is 21.7. The maximum atomic E-state index is 12.5. The van der Waals surface area contributed by atoms with E-state index in [-0.39, 0.29) is 5.41 Å². The van der Waals surface area contributed by atoms with Crippen molar-refractivity contribution < 1.29 is 14.3 Å². The Hall–Kier alpha value is -3.25. The molecule has 0 fully saturated rings. The number of benzene rings is 2. The highest BCUT2D eigenvalue weighted by atomic mass is 35.5. The van der Waals surface area contributed by atoms with E-state index in [9.17, 15) is 4.79 Å². The average molecular weight is 426 g/mol. The van der Waals surface area contributed by atoms with Crippen LogP contribution in [0.3, 0.4) is 0 Å². The van der Waals surface area contributed by atoms with Crippen LogP contribution >= 0.6 is 11.6 Å². The maximum Gasteiger partial charge on any atom is 0.323 e. The summed E-state index contributed by atoms with van der Waals surface area (Å²) < 4.78 is 11.2. The van der Waals surface area contributed by atoms with Gasteiger partial charge in [0.15, 0.2) is 0 Å². The van der Waals surface area contributed by atoms with E-state index in [1.54, 1.807) is 36.5 Å². The number of hydrogen-bond donors (Lipinski definition) is 2. The van der Waals surface area contributed by atoms with Crippen molar-refractivity contribution in [2.45, 2.75) is 26.2 Å². The second-order valence-electron chi connectivity index (χ2n) is 7.63. The molecular weight excluding hydrogens is 402 g/mol. The van der Waals surface area contributed by atoms with Gasteiger partial charge in [-0.1, -0.05) is 50.6 Å². The van der Waals surface area contributed by atoms with Gasteiger partial charge in [0.05, 0.1) is 12.1 Å². The summed E-state index contributed by atoms with van der Waals surface area (Å²) in [6.45, 7) is 6.33. The van der Waals surface area contributed by atoms with Crippen molar-refractivity contribution in [1.29, 1.82) is 0 Å². The van der Waals surface area contributed by atoms with Crippen molar-refractivity contribution >= 4 is 29.0 Å². The van der Waals surface area contributed by atoms with Gasteiger partial charge in [0.25, 0.3) is 0 Å². The van der Waals surface area contributed by atoms with Crippen molar-refractivity contribution in [1.82, 2.24) is 4.98 Å². The zero-order valence-electron chi connectivity index (χ0n) is 17.3. The minimum Gasteiger partial charge on any atom is -0.495 e. The molecule has 2 aromatic carbocycles. The van der Waals surface area contributed by atoms with Gasteiger partial charge in [0.1, 0.15) is 17.2 Å². The number of anilines is 2. The van der Waals surface area contributed by atoms with E-state index >= 15 is 0 Å². The lowest BCUT2D eigenvalue weighted by molar-refractivity contribution is 0.262. The summed E-state index contributed by atoms with van der Waals surface area (Å²) in [5, 5.41) is 5.91. The van der Waals surface area contributed by atoms with Gasteiger partial charge < -0.3 is 20.1 Å². The van der Waals surface area contributed by atoms with Gasteiger partial charge in [-0.05, 0) is 41.8 Å². The molecule has 1 aromatic heterocycles. The minimum absolute atomic E-state index is 0.107. The normalized spacial score (nSPS) is 11.0. The molecule has 0 unspecified atom stereocenters. The van der Waals surface area contributed by atoms with Crippen LogP contribution in [0.15, 0.2) is 60.8 Å². The zero-order valence-corrected chi connectivity index (χ0v) is 18.1. The predicted octanol–water partition coefficient (Wildman–Crippen LogP) is 6.48. The fraction of sp³-hybridized carbons (Fsp3) is 0.217. The van der Waals surface area contributed by atoms with E-state index in [2.05, 4.69) is 36.4 Å². The van der Waals surface area contributed by atoms with Gasteiger partial charge in [-0.2, -0.15) is 0 Å². The first-order valence-electron chi connectivity index (χ1n) is 9.42. The number of carbonyl (C=O) groups is 1. The first-order chi connectivity index (χ1) is 14.3. The molecule has 7 heteroatoms. The van der Waals surface area contributed by atoms with Crippen LogP contribution in [0.25, 0.3) is 0 Å². The summed E-state index contributed by atoms with van der Waals surface area (Å²) in [5.74, 6) is 1.52. The second kappa shape index (κ2) is 9.05. The lowest BCUT2D eigenvalue weighted by atomic mass is 9.86. The number of methoxy groups -OCH3 is 1. The fourth-order valence-electron chi connectivity index (χ4n) is 2.88. The molecule has 1 heterocycles. The number of carbonyl (C=O) groups excluding carboxylic acids is 1. The number of hydrogen-bond acceptors (Lipinski definition) is 4. The fourth-order valence-corrected chi connectivity index (χ4v) is 3.13. The Balaban J connectivity index is 1.78. The molecular formula is C23H24ClN3O3. The average Bonchev–Trinajstić information content (AvgIpc) is 2.69. The summed E-state index contributed by atoms with van der Waals surface area (Å²) in [6.07, 6.45) is 1.61. The van der Waals surface area contributed by atoms with E-state index in [1.807, 2.05) is 24.3 Å². The van der Waals surface area contributed by atoms with Gasteiger partial charge in [0.2, 0.25) is 5.88 Å². The van der Waals surface area contributed by atoms with Gasteiger partial charge >= 0.3 is 6.03 Å². The van der Waals surface area contributed by atoms with E-state index in [4.69, 9.17) is 21.1 Å². The molecule has 30 heavy (non-hydrogen) atoms. The minimum atomic E-state index is -0.446. The van der Waals surface area contributed by atoms with Crippen molar-refractivity contribution in [2.24, 2.45) is 0 Å². The summed E-state index contributed by atoms with van der Waals surface area (Å²) in [6, 6.07) is 15.8. The molecule has 0 saturated carbocycles. The van der Waals surface area contributed by atoms with Crippen LogP contribution in [0, 0.1) is 0 Å². The number of halogens is 1. The molecule has 3 aromatic rings. The van der Waals surface area contributed by atoms with E-state index in [1.165, 1.54) is 7.11 Å². The molecule has 0 radical (unpaired) electrons. The van der Waals surface area contributed by atoms with Crippen LogP contribution in [-0.4, -0.2) is 18.1 Å². The first-order valence-corrected chi connectivity index (χ1v) is 9.79. The lowest BCUT2D eigenvalue weighted by Crippen LogP contribution is -2.20. The van der Waals surface area contributed by atoms with E-state index in [0.29, 0.717) is 33.8 Å². The largest absolute Gasteiger partial charge is 0.495 e. The van der Waals surface area contributed by atoms with Crippen LogP contribution in [0.4, 0.5) is 16.2 Å². The summed E-state index contributed by atoms with van der Waals surface area (Å²) in [4.78, 5) is 16.8. The third-order valence-corrected chi connectivity index (χ3v) is 4.63. The molecule has 0 bridgehead atoms. The highest BCUT2D eigenvalue weighted by Crippen LogP contribution is 2.35. The molecule has 0 saturated heterocycles. The Morgan fingerprint density at radius 1 is 1.00 bits per heavy atom. The van der Waals surface area contributed by atoms with Gasteiger partial charge in [-0.15, -0.1) is 0 Å². The van der Waals surface area contributed by atoms with Crippen molar-refractivity contribution in [3.05, 3.63) is 71.4 Å². The highest BCUT2D eigenvalue weighted by molar-refractivity contribution is 6.32. The molecule has 0 atom stereocenters. The van der Waals surface area contributed by atoms with Crippen molar-refractivity contribution in [3.63, 3.8) is 0 Å².